The number of carboxylic acid groups (broad SMARTS) is 1. The standard InChI is InChI=1S/C25H21Cl2F2N5O4/c1-23(21(37)38)17(19(35)32-22-30-14-5-3-4-6-15(14)33(22)2)16-9-24(28,29)10-34(16)25(23)12-7-11(26)8-13(27)18(12)31-20(25)36/h3-8,16-17H,9-10H2,1-2H3,(H,31,36)(H,37,38)(H,30,32,35)/t16?,17-,23?,25-/m1/s1. The monoisotopic (exact) mass is 563 g/mol. The largest absolute Gasteiger partial charge is 0.481 e. The van der Waals surface area contributed by atoms with Crippen LogP contribution in [-0.2, 0) is 27.0 Å². The number of fused-ring (bicyclic) bond motifs is 5. The van der Waals surface area contributed by atoms with Gasteiger partial charge in [0.25, 0.3) is 11.8 Å². The molecule has 1 spiro atoms. The van der Waals surface area contributed by atoms with E-state index < -0.39 is 59.6 Å². The summed E-state index contributed by atoms with van der Waals surface area (Å²) < 4.78 is 31.5. The number of carboxylic acids is 1. The summed E-state index contributed by atoms with van der Waals surface area (Å²) in [5.41, 5.74) is -2.95. The van der Waals surface area contributed by atoms with Crippen molar-refractivity contribution in [1.29, 1.82) is 0 Å². The summed E-state index contributed by atoms with van der Waals surface area (Å²) in [6, 6.07) is 8.52. The maximum Gasteiger partial charge on any atom is 0.313 e. The number of carbonyl (C=O) groups is 3. The van der Waals surface area contributed by atoms with Crippen LogP contribution in [0.5, 0.6) is 0 Å². The molecule has 9 nitrogen and oxygen atoms in total. The van der Waals surface area contributed by atoms with Crippen LogP contribution in [-0.4, -0.2) is 55.9 Å². The number of aliphatic carboxylic acids is 1. The highest BCUT2D eigenvalue weighted by atomic mass is 35.5. The van der Waals surface area contributed by atoms with Gasteiger partial charge in [-0.1, -0.05) is 35.3 Å². The van der Waals surface area contributed by atoms with Crippen molar-refractivity contribution in [1.82, 2.24) is 14.5 Å². The number of imidazole rings is 1. The molecule has 2 saturated heterocycles. The Balaban J connectivity index is 1.55. The zero-order valence-corrected chi connectivity index (χ0v) is 21.6. The second-order valence-corrected chi connectivity index (χ2v) is 11.0. The van der Waals surface area contributed by atoms with E-state index in [1.165, 1.54) is 19.1 Å². The van der Waals surface area contributed by atoms with Gasteiger partial charge in [0, 0.05) is 30.1 Å². The van der Waals surface area contributed by atoms with Crippen LogP contribution in [0.3, 0.4) is 0 Å². The van der Waals surface area contributed by atoms with E-state index >= 15 is 0 Å². The minimum Gasteiger partial charge on any atom is -0.481 e. The van der Waals surface area contributed by atoms with E-state index in [-0.39, 0.29) is 27.2 Å². The molecule has 3 aromatic rings. The summed E-state index contributed by atoms with van der Waals surface area (Å²) in [4.78, 5) is 46.4. The predicted octanol–water partition coefficient (Wildman–Crippen LogP) is 4.10. The highest BCUT2D eigenvalue weighted by Gasteiger charge is 2.80. The van der Waals surface area contributed by atoms with Gasteiger partial charge in [-0.2, -0.15) is 0 Å². The van der Waals surface area contributed by atoms with Gasteiger partial charge in [-0.25, -0.2) is 13.8 Å². The molecular formula is C25H21Cl2F2N5O4. The molecule has 4 heterocycles. The van der Waals surface area contributed by atoms with Crippen molar-refractivity contribution in [2.45, 2.75) is 30.8 Å². The van der Waals surface area contributed by atoms with Gasteiger partial charge in [0.1, 0.15) is 11.0 Å². The molecule has 2 amide bonds. The Morgan fingerprint density at radius 2 is 1.95 bits per heavy atom. The fraction of sp³-hybridized carbons (Fsp3) is 0.360. The number of rotatable bonds is 3. The van der Waals surface area contributed by atoms with Gasteiger partial charge in [0.2, 0.25) is 11.9 Å². The molecule has 2 aromatic carbocycles. The van der Waals surface area contributed by atoms with E-state index in [9.17, 15) is 28.3 Å². The number of nitrogens with zero attached hydrogens (tertiary/aromatic N) is 3. The predicted molar refractivity (Wildman–Crippen MR) is 135 cm³/mol. The normalized spacial score (nSPS) is 29.5. The van der Waals surface area contributed by atoms with Crippen molar-refractivity contribution in [2.75, 3.05) is 17.2 Å². The van der Waals surface area contributed by atoms with E-state index in [4.69, 9.17) is 23.2 Å². The molecule has 2 unspecified atom stereocenters. The molecule has 1 aromatic heterocycles. The van der Waals surface area contributed by atoms with Crippen LogP contribution in [0.2, 0.25) is 10.0 Å². The van der Waals surface area contributed by atoms with Gasteiger partial charge in [-0.3, -0.25) is 24.6 Å². The molecule has 13 heteroatoms. The molecule has 0 bridgehead atoms. The summed E-state index contributed by atoms with van der Waals surface area (Å²) in [6.07, 6.45) is -0.810. The highest BCUT2D eigenvalue weighted by molar-refractivity contribution is 6.38. The molecule has 2 fully saturated rings. The zero-order chi connectivity index (χ0) is 27.4. The molecule has 0 radical (unpaired) electrons. The number of anilines is 2. The third kappa shape index (κ3) is 3.00. The van der Waals surface area contributed by atoms with Gasteiger partial charge >= 0.3 is 5.97 Å². The molecule has 0 saturated carbocycles. The van der Waals surface area contributed by atoms with Crippen LogP contribution in [0.25, 0.3) is 11.0 Å². The van der Waals surface area contributed by atoms with Crippen LogP contribution in [0.1, 0.15) is 18.9 Å². The lowest BCUT2D eigenvalue weighted by molar-refractivity contribution is -0.164. The number of para-hydroxylation sites is 2. The van der Waals surface area contributed by atoms with Gasteiger partial charge in [-0.15, -0.1) is 0 Å². The van der Waals surface area contributed by atoms with Gasteiger partial charge in [-0.05, 0) is 31.2 Å². The van der Waals surface area contributed by atoms with Crippen molar-refractivity contribution in [2.24, 2.45) is 18.4 Å². The number of alkyl halides is 2. The number of aryl methyl sites for hydroxylation is 1. The summed E-state index contributed by atoms with van der Waals surface area (Å²) in [5, 5.41) is 16.0. The third-order valence-electron chi connectivity index (χ3n) is 8.26. The summed E-state index contributed by atoms with van der Waals surface area (Å²) in [7, 11) is 1.66. The molecule has 4 atom stereocenters. The number of amides is 2. The lowest BCUT2D eigenvalue weighted by atomic mass is 9.62. The first-order chi connectivity index (χ1) is 17.8. The highest BCUT2D eigenvalue weighted by Crippen LogP contribution is 2.66. The van der Waals surface area contributed by atoms with E-state index in [0.29, 0.717) is 11.0 Å². The third-order valence-corrected chi connectivity index (χ3v) is 8.78. The van der Waals surface area contributed by atoms with E-state index in [0.717, 1.165) is 4.90 Å². The van der Waals surface area contributed by atoms with Crippen molar-refractivity contribution >= 4 is 63.7 Å². The van der Waals surface area contributed by atoms with Gasteiger partial charge < -0.3 is 15.0 Å². The fourth-order valence-corrected chi connectivity index (χ4v) is 7.24. The molecular weight excluding hydrogens is 543 g/mol. The molecule has 3 N–H and O–H groups in total. The Bertz CT molecular complexity index is 1580. The number of carbonyl (C=O) groups excluding carboxylic acids is 2. The minimum atomic E-state index is -3.28. The first-order valence-corrected chi connectivity index (χ1v) is 12.5. The second-order valence-electron chi connectivity index (χ2n) is 10.2. The van der Waals surface area contributed by atoms with Crippen LogP contribution in [0, 0.1) is 11.3 Å². The van der Waals surface area contributed by atoms with Crippen molar-refractivity contribution < 1.29 is 28.3 Å². The Morgan fingerprint density at radius 1 is 1.24 bits per heavy atom. The van der Waals surface area contributed by atoms with Crippen LogP contribution >= 0.6 is 23.2 Å². The fourth-order valence-electron chi connectivity index (χ4n) is 6.70. The van der Waals surface area contributed by atoms with Gasteiger partial charge in [0.05, 0.1) is 34.2 Å². The lowest BCUT2D eigenvalue weighted by Gasteiger charge is -2.42. The molecule has 198 valence electrons. The Labute approximate surface area is 224 Å². The van der Waals surface area contributed by atoms with E-state index in [1.807, 2.05) is 0 Å². The molecule has 0 aliphatic carbocycles. The summed E-state index contributed by atoms with van der Waals surface area (Å²) in [6.45, 7) is 0.321. The van der Waals surface area contributed by atoms with Crippen LogP contribution < -0.4 is 10.6 Å². The maximum absolute atomic E-state index is 15.0. The molecule has 3 aliphatic rings. The average molecular weight is 564 g/mol. The van der Waals surface area contributed by atoms with E-state index in [2.05, 4.69) is 15.6 Å². The Morgan fingerprint density at radius 3 is 2.63 bits per heavy atom. The van der Waals surface area contributed by atoms with Crippen molar-refractivity contribution in [3.8, 4) is 0 Å². The second kappa shape index (κ2) is 7.87. The SMILES string of the molecule is Cn1c(NC(=O)[C@H]2C3CC(F)(F)CN3[C@]3(C(=O)Nc4c(Cl)cc(Cl)cc43)C2(C)C(=O)O)nc2ccccc21. The smallest absolute Gasteiger partial charge is 0.313 e. The zero-order valence-electron chi connectivity index (χ0n) is 20.1. The number of hydrogen-bond donors (Lipinski definition) is 3. The molecule has 38 heavy (non-hydrogen) atoms. The first kappa shape index (κ1) is 25.0. The van der Waals surface area contributed by atoms with Crippen molar-refractivity contribution in [3.05, 3.63) is 52.0 Å². The molecule has 3 aliphatic heterocycles. The number of benzene rings is 2. The quantitative estimate of drug-likeness (QED) is 0.442. The van der Waals surface area contributed by atoms with Gasteiger partial charge in [0.15, 0.2) is 0 Å². The number of halogens is 4. The maximum atomic E-state index is 15.0. The minimum absolute atomic E-state index is 0.0283. The van der Waals surface area contributed by atoms with Crippen molar-refractivity contribution in [3.63, 3.8) is 0 Å². The number of hydrogen-bond acceptors (Lipinski definition) is 5. The summed E-state index contributed by atoms with van der Waals surface area (Å²) >= 11 is 12.6. The summed E-state index contributed by atoms with van der Waals surface area (Å²) in [5.74, 6) is -7.93. The number of aromatic nitrogens is 2. The Kier molecular flexibility index (Phi) is 5.18. The van der Waals surface area contributed by atoms with Crippen LogP contribution in [0.4, 0.5) is 20.4 Å². The van der Waals surface area contributed by atoms with E-state index in [1.54, 1.807) is 35.9 Å². The lowest BCUT2D eigenvalue weighted by Crippen LogP contribution is -2.60. The molecule has 6 rings (SSSR count). The topological polar surface area (TPSA) is 117 Å². The Hall–Kier alpha value is -3.28. The first-order valence-electron chi connectivity index (χ1n) is 11.7. The van der Waals surface area contributed by atoms with Crippen LogP contribution in [0.15, 0.2) is 36.4 Å². The average Bonchev–Trinajstić information content (AvgIpc) is 3.48. The number of nitrogens with one attached hydrogen (secondary N) is 2.